The van der Waals surface area contributed by atoms with Gasteiger partial charge in [-0.25, -0.2) is 9.98 Å². The molecule has 2 heterocycles. The van der Waals surface area contributed by atoms with E-state index in [0.29, 0.717) is 6.54 Å². The lowest BCUT2D eigenvalue weighted by molar-refractivity contribution is 0.713. The molecule has 0 unspecified atom stereocenters. The summed E-state index contributed by atoms with van der Waals surface area (Å²) in [5.41, 5.74) is 0. The van der Waals surface area contributed by atoms with Gasteiger partial charge >= 0.3 is 0 Å². The van der Waals surface area contributed by atoms with Crippen molar-refractivity contribution in [2.45, 2.75) is 53.0 Å². The van der Waals surface area contributed by atoms with E-state index in [1.54, 1.807) is 11.3 Å². The number of aryl methyl sites for hydroxylation is 2. The van der Waals surface area contributed by atoms with Crippen molar-refractivity contribution in [1.82, 2.24) is 30.4 Å². The molecule has 0 spiro atoms. The van der Waals surface area contributed by atoms with Crippen molar-refractivity contribution in [1.29, 1.82) is 0 Å². The molecule has 0 radical (unpaired) electrons. The summed E-state index contributed by atoms with van der Waals surface area (Å²) in [5, 5.41) is 16.2. The fourth-order valence-electron chi connectivity index (χ4n) is 2.21. The lowest BCUT2D eigenvalue weighted by Crippen LogP contribution is -2.39. The van der Waals surface area contributed by atoms with Gasteiger partial charge in [0.2, 0.25) is 0 Å². The van der Waals surface area contributed by atoms with Crippen LogP contribution in [0.2, 0.25) is 0 Å². The molecule has 0 aliphatic rings. The van der Waals surface area contributed by atoms with Crippen LogP contribution < -0.4 is 10.6 Å². The Hall–Kier alpha value is -1.96. The zero-order chi connectivity index (χ0) is 18.1. The quantitative estimate of drug-likeness (QED) is 0.406. The maximum Gasteiger partial charge on any atom is 0.191 e. The van der Waals surface area contributed by atoms with Crippen molar-refractivity contribution >= 4 is 17.3 Å². The fraction of sp³-hybridized carbons (Fsp3) is 0.647. The Morgan fingerprint density at radius 3 is 2.68 bits per heavy atom. The number of guanidine groups is 1. The van der Waals surface area contributed by atoms with Crippen molar-refractivity contribution < 1.29 is 0 Å². The Kier molecular flexibility index (Phi) is 7.84. The Morgan fingerprint density at radius 2 is 2.04 bits per heavy atom. The number of unbranched alkanes of at least 4 members (excludes halogenated alkanes) is 1. The van der Waals surface area contributed by atoms with Gasteiger partial charge < -0.3 is 15.2 Å². The first-order valence-corrected chi connectivity index (χ1v) is 9.76. The first kappa shape index (κ1) is 19.4. The van der Waals surface area contributed by atoms with Crippen LogP contribution in [-0.2, 0) is 26.4 Å². The first-order chi connectivity index (χ1) is 12.1. The third-order valence-corrected chi connectivity index (χ3v) is 5.17. The third-order valence-electron chi connectivity index (χ3n) is 3.97. The van der Waals surface area contributed by atoms with Crippen LogP contribution in [0.5, 0.6) is 0 Å². The van der Waals surface area contributed by atoms with Gasteiger partial charge in [0.25, 0.3) is 0 Å². The van der Waals surface area contributed by atoms with Gasteiger partial charge in [-0.15, -0.1) is 21.5 Å². The summed E-state index contributed by atoms with van der Waals surface area (Å²) in [4.78, 5) is 10.4. The summed E-state index contributed by atoms with van der Waals surface area (Å²) >= 11 is 1.79. The Bertz CT molecular complexity index is 674. The van der Waals surface area contributed by atoms with E-state index >= 15 is 0 Å². The summed E-state index contributed by atoms with van der Waals surface area (Å²) in [6.07, 6.45) is 6.21. The van der Waals surface area contributed by atoms with Crippen LogP contribution in [0.15, 0.2) is 11.2 Å². The Morgan fingerprint density at radius 1 is 1.24 bits per heavy atom. The van der Waals surface area contributed by atoms with Crippen molar-refractivity contribution in [3.63, 3.8) is 0 Å². The smallest absolute Gasteiger partial charge is 0.191 e. The van der Waals surface area contributed by atoms with Gasteiger partial charge in [0, 0.05) is 37.6 Å². The minimum absolute atomic E-state index is 0.510. The molecule has 0 aromatic carbocycles. The monoisotopic (exact) mass is 363 g/mol. The zero-order valence-electron chi connectivity index (χ0n) is 15.7. The highest BCUT2D eigenvalue weighted by Gasteiger charge is 2.06. The molecule has 0 fully saturated rings. The SMILES string of the molecule is CCCCNC(=NCc1nnc(C)n1C)NCCc1ncc(CC)s1. The molecule has 0 atom stereocenters. The van der Waals surface area contributed by atoms with Gasteiger partial charge in [0.15, 0.2) is 11.8 Å². The normalized spacial score (nSPS) is 11.8. The number of thiazole rings is 1. The summed E-state index contributed by atoms with van der Waals surface area (Å²) in [7, 11) is 1.96. The van der Waals surface area contributed by atoms with E-state index in [1.165, 1.54) is 9.88 Å². The van der Waals surface area contributed by atoms with E-state index in [2.05, 4.69) is 44.7 Å². The maximum absolute atomic E-state index is 4.65. The minimum Gasteiger partial charge on any atom is -0.356 e. The third kappa shape index (κ3) is 6.12. The predicted molar refractivity (Wildman–Crippen MR) is 103 cm³/mol. The molecule has 25 heavy (non-hydrogen) atoms. The number of hydrogen-bond acceptors (Lipinski definition) is 5. The van der Waals surface area contributed by atoms with Gasteiger partial charge in [-0.1, -0.05) is 20.3 Å². The van der Waals surface area contributed by atoms with E-state index in [0.717, 1.165) is 56.4 Å². The predicted octanol–water partition coefficient (Wildman–Crippen LogP) is 2.22. The number of nitrogens with one attached hydrogen (secondary N) is 2. The average molecular weight is 364 g/mol. The van der Waals surface area contributed by atoms with E-state index in [9.17, 15) is 0 Å². The average Bonchev–Trinajstić information content (AvgIpc) is 3.20. The van der Waals surface area contributed by atoms with Crippen molar-refractivity contribution in [2.24, 2.45) is 12.0 Å². The highest BCUT2D eigenvalue weighted by Crippen LogP contribution is 2.13. The van der Waals surface area contributed by atoms with Crippen LogP contribution in [0, 0.1) is 6.92 Å². The molecule has 0 saturated heterocycles. The molecule has 138 valence electrons. The molecule has 0 saturated carbocycles. The second kappa shape index (κ2) is 10.1. The molecular weight excluding hydrogens is 334 g/mol. The largest absolute Gasteiger partial charge is 0.356 e. The number of nitrogens with zero attached hydrogens (tertiary/aromatic N) is 5. The standard InChI is InChI=1S/C17H29N7S/c1-5-7-9-18-17(21-12-15-23-22-13(3)24(15)4)19-10-8-16-20-11-14(6-2)25-16/h11H,5-10,12H2,1-4H3,(H2,18,19,21). The lowest BCUT2D eigenvalue weighted by Gasteiger charge is -2.12. The van der Waals surface area contributed by atoms with Crippen LogP contribution in [-0.4, -0.2) is 38.8 Å². The molecule has 2 N–H and O–H groups in total. The molecule has 7 nitrogen and oxygen atoms in total. The van der Waals surface area contributed by atoms with E-state index in [1.807, 2.05) is 24.7 Å². The second-order valence-electron chi connectivity index (χ2n) is 5.92. The van der Waals surface area contributed by atoms with Gasteiger partial charge in [-0.3, -0.25) is 0 Å². The number of aliphatic imine (C=N–C) groups is 1. The molecule has 0 aliphatic carbocycles. The molecule has 2 aromatic heterocycles. The molecule has 8 heteroatoms. The van der Waals surface area contributed by atoms with E-state index in [-0.39, 0.29) is 0 Å². The van der Waals surface area contributed by atoms with Gasteiger partial charge in [0.05, 0.1) is 5.01 Å². The van der Waals surface area contributed by atoms with E-state index in [4.69, 9.17) is 0 Å². The van der Waals surface area contributed by atoms with Crippen LogP contribution in [0.25, 0.3) is 0 Å². The molecular formula is C17H29N7S. The van der Waals surface area contributed by atoms with Crippen molar-refractivity contribution in [3.8, 4) is 0 Å². The minimum atomic E-state index is 0.510. The molecule has 0 bridgehead atoms. The maximum atomic E-state index is 4.65. The van der Waals surface area contributed by atoms with Gasteiger partial charge in [0.1, 0.15) is 12.4 Å². The summed E-state index contributed by atoms with van der Waals surface area (Å²) in [6, 6.07) is 0. The van der Waals surface area contributed by atoms with Crippen LogP contribution in [0.3, 0.4) is 0 Å². The highest BCUT2D eigenvalue weighted by molar-refractivity contribution is 7.11. The van der Waals surface area contributed by atoms with Crippen LogP contribution in [0.4, 0.5) is 0 Å². The Labute approximate surface area is 154 Å². The lowest BCUT2D eigenvalue weighted by atomic mass is 10.3. The number of rotatable bonds is 9. The second-order valence-corrected chi connectivity index (χ2v) is 7.12. The van der Waals surface area contributed by atoms with Crippen LogP contribution in [0.1, 0.15) is 48.2 Å². The Balaban J connectivity index is 1.89. The molecule has 2 aromatic rings. The van der Waals surface area contributed by atoms with E-state index < -0.39 is 0 Å². The highest BCUT2D eigenvalue weighted by atomic mass is 32.1. The summed E-state index contributed by atoms with van der Waals surface area (Å²) < 4.78 is 1.97. The topological polar surface area (TPSA) is 80.0 Å². The molecule has 0 amide bonds. The van der Waals surface area contributed by atoms with Crippen LogP contribution >= 0.6 is 11.3 Å². The van der Waals surface area contributed by atoms with Gasteiger partial charge in [-0.2, -0.15) is 0 Å². The summed E-state index contributed by atoms with van der Waals surface area (Å²) in [6.45, 7) is 8.52. The van der Waals surface area contributed by atoms with Gasteiger partial charge in [-0.05, 0) is 19.8 Å². The van der Waals surface area contributed by atoms with Crippen molar-refractivity contribution in [3.05, 3.63) is 27.7 Å². The first-order valence-electron chi connectivity index (χ1n) is 8.94. The molecule has 2 rings (SSSR count). The molecule has 0 aliphatic heterocycles. The number of aromatic nitrogens is 4. The zero-order valence-corrected chi connectivity index (χ0v) is 16.5. The fourth-order valence-corrected chi connectivity index (χ4v) is 3.07. The summed E-state index contributed by atoms with van der Waals surface area (Å²) in [5.74, 6) is 2.58. The van der Waals surface area contributed by atoms with Crippen molar-refractivity contribution in [2.75, 3.05) is 13.1 Å². The number of hydrogen-bond donors (Lipinski definition) is 2.